The number of fused-ring (bicyclic) bond motifs is 1. The van der Waals surface area contributed by atoms with Crippen molar-refractivity contribution in [1.29, 1.82) is 0 Å². The van der Waals surface area contributed by atoms with Crippen molar-refractivity contribution in [2.75, 3.05) is 13.2 Å². The van der Waals surface area contributed by atoms with Gasteiger partial charge in [-0.05, 0) is 50.1 Å². The van der Waals surface area contributed by atoms with Gasteiger partial charge in [0.15, 0.2) is 0 Å². The molecule has 1 aromatic rings. The molecule has 0 saturated carbocycles. The van der Waals surface area contributed by atoms with Crippen LogP contribution in [0.3, 0.4) is 0 Å². The zero-order valence-corrected chi connectivity index (χ0v) is 12.4. The van der Waals surface area contributed by atoms with E-state index >= 15 is 0 Å². The SMILES string of the molecule is CC1NCCCC1NS(=O)(=O)c1ccc2c(c1)CCO2. The molecule has 3 rings (SSSR count). The van der Waals surface area contributed by atoms with Crippen LogP contribution in [0.1, 0.15) is 25.3 Å². The van der Waals surface area contributed by atoms with Crippen molar-refractivity contribution in [3.8, 4) is 5.75 Å². The van der Waals surface area contributed by atoms with E-state index in [1.54, 1.807) is 18.2 Å². The number of hydrogen-bond acceptors (Lipinski definition) is 4. The van der Waals surface area contributed by atoms with E-state index in [0.29, 0.717) is 11.5 Å². The van der Waals surface area contributed by atoms with Crippen molar-refractivity contribution in [2.24, 2.45) is 0 Å². The molecule has 0 bridgehead atoms. The molecule has 110 valence electrons. The summed E-state index contributed by atoms with van der Waals surface area (Å²) in [5.41, 5.74) is 0.975. The maximum atomic E-state index is 12.5. The van der Waals surface area contributed by atoms with Crippen LogP contribution in [0.4, 0.5) is 0 Å². The van der Waals surface area contributed by atoms with E-state index < -0.39 is 10.0 Å². The third-order valence-electron chi connectivity index (χ3n) is 4.04. The van der Waals surface area contributed by atoms with Crippen molar-refractivity contribution in [1.82, 2.24) is 10.0 Å². The molecule has 1 saturated heterocycles. The molecule has 2 unspecified atom stereocenters. The Morgan fingerprint density at radius 3 is 3.05 bits per heavy atom. The molecular formula is C14H20N2O3S. The minimum Gasteiger partial charge on any atom is -0.493 e. The van der Waals surface area contributed by atoms with E-state index in [9.17, 15) is 8.42 Å². The van der Waals surface area contributed by atoms with E-state index in [4.69, 9.17) is 4.74 Å². The lowest BCUT2D eigenvalue weighted by atomic mass is 10.0. The minimum absolute atomic E-state index is 0.0433. The van der Waals surface area contributed by atoms with E-state index in [2.05, 4.69) is 10.0 Å². The van der Waals surface area contributed by atoms with Gasteiger partial charge in [-0.3, -0.25) is 0 Å². The van der Waals surface area contributed by atoms with Gasteiger partial charge in [-0.25, -0.2) is 13.1 Å². The van der Waals surface area contributed by atoms with E-state index in [0.717, 1.165) is 37.1 Å². The normalized spacial score (nSPS) is 26.1. The predicted octanol–water partition coefficient (Wildman–Crippen LogP) is 1.04. The Bertz CT molecular complexity index is 600. The summed E-state index contributed by atoms with van der Waals surface area (Å²) in [5.74, 6) is 0.802. The van der Waals surface area contributed by atoms with Crippen molar-refractivity contribution < 1.29 is 13.2 Å². The van der Waals surface area contributed by atoms with Gasteiger partial charge in [0.2, 0.25) is 10.0 Å². The van der Waals surface area contributed by atoms with Crippen molar-refractivity contribution in [3.05, 3.63) is 23.8 Å². The molecule has 0 spiro atoms. The highest BCUT2D eigenvalue weighted by Gasteiger charge is 2.27. The number of hydrogen-bond donors (Lipinski definition) is 2. The van der Waals surface area contributed by atoms with Gasteiger partial charge in [0.1, 0.15) is 5.75 Å². The first-order valence-electron chi connectivity index (χ1n) is 7.08. The molecule has 20 heavy (non-hydrogen) atoms. The van der Waals surface area contributed by atoms with Crippen molar-refractivity contribution >= 4 is 10.0 Å². The van der Waals surface area contributed by atoms with Crippen LogP contribution in [0.15, 0.2) is 23.1 Å². The van der Waals surface area contributed by atoms with Gasteiger partial charge in [0.25, 0.3) is 0 Å². The molecule has 6 heteroatoms. The molecule has 0 aliphatic carbocycles. The van der Waals surface area contributed by atoms with Gasteiger partial charge < -0.3 is 10.1 Å². The monoisotopic (exact) mass is 296 g/mol. The average molecular weight is 296 g/mol. The molecule has 0 amide bonds. The first-order chi connectivity index (χ1) is 9.56. The van der Waals surface area contributed by atoms with E-state index in [1.807, 2.05) is 6.92 Å². The maximum absolute atomic E-state index is 12.5. The topological polar surface area (TPSA) is 67.4 Å². The largest absolute Gasteiger partial charge is 0.493 e. The Balaban J connectivity index is 1.81. The zero-order valence-electron chi connectivity index (χ0n) is 11.6. The fraction of sp³-hybridized carbons (Fsp3) is 0.571. The third-order valence-corrected chi connectivity index (χ3v) is 5.53. The number of nitrogens with one attached hydrogen (secondary N) is 2. The highest BCUT2D eigenvalue weighted by molar-refractivity contribution is 7.89. The molecule has 5 nitrogen and oxygen atoms in total. The van der Waals surface area contributed by atoms with E-state index in [1.165, 1.54) is 0 Å². The molecule has 2 heterocycles. The number of ether oxygens (including phenoxy) is 1. The Morgan fingerprint density at radius 2 is 2.25 bits per heavy atom. The second kappa shape index (κ2) is 5.35. The van der Waals surface area contributed by atoms with Crippen LogP contribution in [0.5, 0.6) is 5.75 Å². The van der Waals surface area contributed by atoms with Crippen LogP contribution in [0, 0.1) is 0 Å². The van der Waals surface area contributed by atoms with Gasteiger partial charge in [0.05, 0.1) is 11.5 Å². The Hall–Kier alpha value is -1.11. The summed E-state index contributed by atoms with van der Waals surface area (Å²) in [4.78, 5) is 0.333. The lowest BCUT2D eigenvalue weighted by molar-refractivity contribution is 0.348. The second-order valence-electron chi connectivity index (χ2n) is 5.48. The van der Waals surface area contributed by atoms with E-state index in [-0.39, 0.29) is 12.1 Å². The van der Waals surface area contributed by atoms with Crippen LogP contribution in [-0.2, 0) is 16.4 Å². The fourth-order valence-electron chi connectivity index (χ4n) is 2.80. The lowest BCUT2D eigenvalue weighted by Crippen LogP contribution is -2.51. The molecule has 1 aromatic carbocycles. The predicted molar refractivity (Wildman–Crippen MR) is 76.4 cm³/mol. The highest BCUT2D eigenvalue weighted by atomic mass is 32.2. The zero-order chi connectivity index (χ0) is 14.2. The van der Waals surface area contributed by atoms with Crippen LogP contribution < -0.4 is 14.8 Å². The number of sulfonamides is 1. The standard InChI is InChI=1S/C14H20N2O3S/c1-10-13(3-2-7-15-10)16-20(17,18)12-4-5-14-11(9-12)6-8-19-14/h4-5,9-10,13,15-16H,2-3,6-8H2,1H3. The molecule has 1 fully saturated rings. The van der Waals surface area contributed by atoms with Gasteiger partial charge in [-0.1, -0.05) is 0 Å². The second-order valence-corrected chi connectivity index (χ2v) is 7.19. The summed E-state index contributed by atoms with van der Waals surface area (Å²) < 4.78 is 33.2. The highest BCUT2D eigenvalue weighted by Crippen LogP contribution is 2.27. The van der Waals surface area contributed by atoms with Crippen LogP contribution in [-0.4, -0.2) is 33.7 Å². The first-order valence-corrected chi connectivity index (χ1v) is 8.56. The molecule has 0 aromatic heterocycles. The Kier molecular flexibility index (Phi) is 3.70. The number of benzene rings is 1. The maximum Gasteiger partial charge on any atom is 0.240 e. The summed E-state index contributed by atoms with van der Waals surface area (Å²) in [6.45, 7) is 3.61. The summed E-state index contributed by atoms with van der Waals surface area (Å²) in [5, 5.41) is 3.30. The molecule has 0 radical (unpaired) electrons. The Morgan fingerprint density at radius 1 is 1.40 bits per heavy atom. The molecule has 2 aliphatic heterocycles. The summed E-state index contributed by atoms with van der Waals surface area (Å²) in [7, 11) is -3.46. The van der Waals surface area contributed by atoms with Gasteiger partial charge in [-0.15, -0.1) is 0 Å². The summed E-state index contributed by atoms with van der Waals surface area (Å²) >= 11 is 0. The third kappa shape index (κ3) is 2.68. The fourth-order valence-corrected chi connectivity index (χ4v) is 4.20. The van der Waals surface area contributed by atoms with Crippen molar-refractivity contribution in [3.63, 3.8) is 0 Å². The molecule has 2 N–H and O–H groups in total. The van der Waals surface area contributed by atoms with Crippen molar-refractivity contribution in [2.45, 2.75) is 43.2 Å². The molecule has 2 atom stereocenters. The summed E-state index contributed by atoms with van der Waals surface area (Å²) in [6, 6.07) is 5.22. The van der Waals surface area contributed by atoms with Crippen LogP contribution in [0.25, 0.3) is 0 Å². The Labute approximate surface area is 119 Å². The number of piperidine rings is 1. The van der Waals surface area contributed by atoms with Crippen LogP contribution >= 0.6 is 0 Å². The summed E-state index contributed by atoms with van der Waals surface area (Å²) in [6.07, 6.45) is 2.65. The first kappa shape index (κ1) is 13.9. The smallest absolute Gasteiger partial charge is 0.240 e. The number of rotatable bonds is 3. The molecular weight excluding hydrogens is 276 g/mol. The minimum atomic E-state index is -3.46. The van der Waals surface area contributed by atoms with Gasteiger partial charge >= 0.3 is 0 Å². The lowest BCUT2D eigenvalue weighted by Gasteiger charge is -2.30. The average Bonchev–Trinajstić information content (AvgIpc) is 2.88. The molecule has 2 aliphatic rings. The van der Waals surface area contributed by atoms with Crippen LogP contribution in [0.2, 0.25) is 0 Å². The van der Waals surface area contributed by atoms with Gasteiger partial charge in [0, 0.05) is 18.5 Å². The quantitative estimate of drug-likeness (QED) is 0.874. The van der Waals surface area contributed by atoms with Gasteiger partial charge in [-0.2, -0.15) is 0 Å².